The quantitative estimate of drug-likeness (QED) is 0.862. The number of rotatable bonds is 5. The van der Waals surface area contributed by atoms with E-state index in [4.69, 9.17) is 16.3 Å². The second-order valence-corrected chi connectivity index (χ2v) is 4.88. The minimum Gasteiger partial charge on any atom is -0.486 e. The molecule has 0 atom stereocenters. The van der Waals surface area contributed by atoms with E-state index < -0.39 is 0 Å². The molecular formula is C12H11ClN2O3S. The van der Waals surface area contributed by atoms with Crippen LogP contribution in [0.25, 0.3) is 0 Å². The average molecular weight is 299 g/mol. The number of nitrogens with zero attached hydrogens (tertiary/aromatic N) is 1. The van der Waals surface area contributed by atoms with Crippen LogP contribution < -0.4 is 10.2 Å². The number of hydroxylamine groups is 1. The Hall–Kier alpha value is -1.63. The van der Waals surface area contributed by atoms with E-state index in [-0.39, 0.29) is 5.91 Å². The standard InChI is InChI=1S/C12H11ClN2O3S/c1-17-15-12(16)10-7-19-11(14-10)6-18-9-4-2-8(13)3-5-9/h2-5,7H,6H2,1H3,(H,15,16). The van der Waals surface area contributed by atoms with Crippen LogP contribution >= 0.6 is 22.9 Å². The van der Waals surface area contributed by atoms with Crippen LogP contribution in [0.1, 0.15) is 15.5 Å². The first-order valence-electron chi connectivity index (χ1n) is 5.35. The summed E-state index contributed by atoms with van der Waals surface area (Å²) in [5.74, 6) is 0.319. The molecule has 19 heavy (non-hydrogen) atoms. The smallest absolute Gasteiger partial charge is 0.294 e. The van der Waals surface area contributed by atoms with Gasteiger partial charge in [0.15, 0.2) is 0 Å². The van der Waals surface area contributed by atoms with Gasteiger partial charge in [-0.3, -0.25) is 9.63 Å². The lowest BCUT2D eigenvalue weighted by atomic mass is 10.3. The summed E-state index contributed by atoms with van der Waals surface area (Å²) in [4.78, 5) is 20.1. The molecule has 1 aromatic heterocycles. The third kappa shape index (κ3) is 3.92. The zero-order valence-electron chi connectivity index (χ0n) is 10.1. The molecule has 1 heterocycles. The molecule has 5 nitrogen and oxygen atoms in total. The van der Waals surface area contributed by atoms with Crippen molar-refractivity contribution in [3.05, 3.63) is 45.4 Å². The fraction of sp³-hybridized carbons (Fsp3) is 0.167. The predicted octanol–water partition coefficient (Wildman–Crippen LogP) is 2.67. The van der Waals surface area contributed by atoms with Crippen LogP contribution in [-0.4, -0.2) is 18.0 Å². The number of benzene rings is 1. The van der Waals surface area contributed by atoms with Crippen LogP contribution in [0.5, 0.6) is 5.75 Å². The van der Waals surface area contributed by atoms with Gasteiger partial charge < -0.3 is 4.74 Å². The molecule has 0 saturated carbocycles. The third-order valence-electron chi connectivity index (χ3n) is 2.16. The third-order valence-corrected chi connectivity index (χ3v) is 3.23. The van der Waals surface area contributed by atoms with E-state index in [0.29, 0.717) is 28.1 Å². The summed E-state index contributed by atoms with van der Waals surface area (Å²) in [5.41, 5.74) is 2.51. The Bertz CT molecular complexity index is 556. The lowest BCUT2D eigenvalue weighted by molar-refractivity contribution is 0.0533. The van der Waals surface area contributed by atoms with Crippen LogP contribution in [-0.2, 0) is 11.4 Å². The Balaban J connectivity index is 1.93. The molecule has 1 N–H and O–H groups in total. The number of nitrogens with one attached hydrogen (secondary N) is 1. The molecule has 0 aliphatic heterocycles. The van der Waals surface area contributed by atoms with Gasteiger partial charge in [-0.15, -0.1) is 11.3 Å². The van der Waals surface area contributed by atoms with Gasteiger partial charge in [-0.25, -0.2) is 10.5 Å². The molecule has 0 unspecified atom stereocenters. The molecule has 0 fully saturated rings. The van der Waals surface area contributed by atoms with Gasteiger partial charge in [-0.1, -0.05) is 11.6 Å². The van der Waals surface area contributed by atoms with E-state index in [1.165, 1.54) is 18.4 Å². The Morgan fingerprint density at radius 3 is 2.84 bits per heavy atom. The molecule has 2 aromatic rings. The summed E-state index contributed by atoms with van der Waals surface area (Å²) in [6, 6.07) is 7.04. The Morgan fingerprint density at radius 1 is 1.42 bits per heavy atom. The first-order chi connectivity index (χ1) is 9.19. The predicted molar refractivity (Wildman–Crippen MR) is 72.4 cm³/mol. The van der Waals surface area contributed by atoms with Crippen molar-refractivity contribution >= 4 is 28.8 Å². The van der Waals surface area contributed by atoms with Crippen molar-refractivity contribution in [1.82, 2.24) is 10.5 Å². The van der Waals surface area contributed by atoms with Crippen molar-refractivity contribution in [3.8, 4) is 5.75 Å². The van der Waals surface area contributed by atoms with Gasteiger partial charge in [0.05, 0.1) is 7.11 Å². The van der Waals surface area contributed by atoms with Crippen LogP contribution in [0.15, 0.2) is 29.6 Å². The maximum Gasteiger partial charge on any atom is 0.294 e. The van der Waals surface area contributed by atoms with E-state index in [2.05, 4.69) is 15.3 Å². The summed E-state index contributed by atoms with van der Waals surface area (Å²) >= 11 is 7.12. The molecule has 0 spiro atoms. The zero-order valence-corrected chi connectivity index (χ0v) is 11.6. The summed E-state index contributed by atoms with van der Waals surface area (Å²) in [6.07, 6.45) is 0. The molecule has 0 aliphatic carbocycles. The zero-order chi connectivity index (χ0) is 13.7. The van der Waals surface area contributed by atoms with Crippen molar-refractivity contribution in [2.75, 3.05) is 7.11 Å². The first kappa shape index (κ1) is 13.8. The van der Waals surface area contributed by atoms with Gasteiger partial charge in [-0.2, -0.15) is 0 Å². The Morgan fingerprint density at radius 2 is 2.16 bits per heavy atom. The number of halogens is 1. The highest BCUT2D eigenvalue weighted by Gasteiger charge is 2.10. The normalized spacial score (nSPS) is 10.2. The van der Waals surface area contributed by atoms with Crippen molar-refractivity contribution < 1.29 is 14.4 Å². The number of hydrogen-bond acceptors (Lipinski definition) is 5. The number of aromatic nitrogens is 1. The lowest BCUT2D eigenvalue weighted by Gasteiger charge is -2.03. The average Bonchev–Trinajstić information content (AvgIpc) is 2.87. The molecule has 1 amide bonds. The maximum absolute atomic E-state index is 11.4. The van der Waals surface area contributed by atoms with E-state index >= 15 is 0 Å². The number of carbonyl (C=O) groups excluding carboxylic acids is 1. The van der Waals surface area contributed by atoms with Crippen LogP contribution in [0.2, 0.25) is 5.02 Å². The van der Waals surface area contributed by atoms with Crippen LogP contribution in [0.4, 0.5) is 0 Å². The van der Waals surface area contributed by atoms with Crippen LogP contribution in [0, 0.1) is 0 Å². The lowest BCUT2D eigenvalue weighted by Crippen LogP contribution is -2.22. The summed E-state index contributed by atoms with van der Waals surface area (Å²) in [6.45, 7) is 0.298. The number of hydrogen-bond donors (Lipinski definition) is 1. The minimum atomic E-state index is -0.378. The van der Waals surface area contributed by atoms with Gasteiger partial charge >= 0.3 is 0 Å². The summed E-state index contributed by atoms with van der Waals surface area (Å²) in [5, 5.41) is 3.01. The molecule has 0 saturated heterocycles. The fourth-order valence-electron chi connectivity index (χ4n) is 1.30. The highest BCUT2D eigenvalue weighted by molar-refractivity contribution is 7.09. The molecule has 0 radical (unpaired) electrons. The Kier molecular flexibility index (Phi) is 4.73. The van der Waals surface area contributed by atoms with Crippen molar-refractivity contribution in [3.63, 3.8) is 0 Å². The number of ether oxygens (including phenoxy) is 1. The number of thiazole rings is 1. The number of amides is 1. The largest absolute Gasteiger partial charge is 0.486 e. The van der Waals surface area contributed by atoms with E-state index in [0.717, 1.165) is 0 Å². The van der Waals surface area contributed by atoms with Gasteiger partial charge in [-0.05, 0) is 24.3 Å². The number of carbonyl (C=O) groups is 1. The van der Waals surface area contributed by atoms with Gasteiger partial charge in [0.1, 0.15) is 23.1 Å². The molecule has 0 bridgehead atoms. The molecule has 1 aromatic carbocycles. The topological polar surface area (TPSA) is 60.5 Å². The SMILES string of the molecule is CONC(=O)c1csc(COc2ccc(Cl)cc2)n1. The van der Waals surface area contributed by atoms with Crippen LogP contribution in [0.3, 0.4) is 0 Å². The van der Waals surface area contributed by atoms with Gasteiger partial charge in [0, 0.05) is 10.4 Å². The van der Waals surface area contributed by atoms with E-state index in [1.807, 2.05) is 0 Å². The van der Waals surface area contributed by atoms with Gasteiger partial charge in [0.2, 0.25) is 0 Å². The molecule has 2 rings (SSSR count). The van der Waals surface area contributed by atoms with Gasteiger partial charge in [0.25, 0.3) is 5.91 Å². The van der Waals surface area contributed by atoms with Crippen molar-refractivity contribution in [2.45, 2.75) is 6.61 Å². The fourth-order valence-corrected chi connectivity index (χ4v) is 2.11. The van der Waals surface area contributed by atoms with Crippen molar-refractivity contribution in [1.29, 1.82) is 0 Å². The highest BCUT2D eigenvalue weighted by Crippen LogP contribution is 2.18. The highest BCUT2D eigenvalue weighted by atomic mass is 35.5. The van der Waals surface area contributed by atoms with Crippen molar-refractivity contribution in [2.24, 2.45) is 0 Å². The molecule has 7 heteroatoms. The first-order valence-corrected chi connectivity index (χ1v) is 6.61. The molecular weight excluding hydrogens is 288 g/mol. The van der Waals surface area contributed by atoms with E-state index in [9.17, 15) is 4.79 Å². The monoisotopic (exact) mass is 298 g/mol. The Labute approximate surface area is 119 Å². The van der Waals surface area contributed by atoms with E-state index in [1.54, 1.807) is 29.6 Å². The minimum absolute atomic E-state index is 0.298. The summed E-state index contributed by atoms with van der Waals surface area (Å²) in [7, 11) is 1.37. The summed E-state index contributed by atoms with van der Waals surface area (Å²) < 4.78 is 5.53. The second-order valence-electron chi connectivity index (χ2n) is 3.50. The maximum atomic E-state index is 11.4. The molecule has 100 valence electrons. The second kappa shape index (κ2) is 6.51. The molecule has 0 aliphatic rings.